The molecule has 0 N–H and O–H groups in total. The van der Waals surface area contributed by atoms with Gasteiger partial charge in [-0.3, -0.25) is 19.2 Å². The first-order chi connectivity index (χ1) is 44.3. The molecule has 91 heavy (non-hydrogen) atoms. The van der Waals surface area contributed by atoms with E-state index in [1.54, 1.807) is 6.92 Å². The van der Waals surface area contributed by atoms with Gasteiger partial charge in [0.1, 0.15) is 0 Å². The van der Waals surface area contributed by atoms with Crippen LogP contribution in [0, 0.1) is 118 Å². The number of fused-ring (bicyclic) bond motifs is 10. The Morgan fingerprint density at radius 1 is 0.363 bits per heavy atom. The smallest absolute Gasteiger partial charge is 0.333 e. The van der Waals surface area contributed by atoms with E-state index in [1.807, 2.05) is 0 Å². The Morgan fingerprint density at radius 2 is 0.725 bits per heavy atom. The summed E-state index contributed by atoms with van der Waals surface area (Å²) < 4.78 is 34.8. The van der Waals surface area contributed by atoms with Crippen molar-refractivity contribution in [1.82, 2.24) is 0 Å². The van der Waals surface area contributed by atoms with Crippen molar-refractivity contribution in [3.8, 4) is 0 Å². The lowest BCUT2D eigenvalue weighted by Gasteiger charge is -2.44. The monoisotopic (exact) mass is 1270 g/mol. The predicted molar refractivity (Wildman–Crippen MR) is 357 cm³/mol. The van der Waals surface area contributed by atoms with Gasteiger partial charge in [0.25, 0.3) is 0 Å². The van der Waals surface area contributed by atoms with Gasteiger partial charge in [-0.05, 0) is 243 Å². The maximum Gasteiger partial charge on any atom is 0.333 e. The van der Waals surface area contributed by atoms with E-state index in [0.717, 1.165) is 99.7 Å². The van der Waals surface area contributed by atoms with Crippen LogP contribution in [0.3, 0.4) is 0 Å². The van der Waals surface area contributed by atoms with Crippen LogP contribution in [-0.4, -0.2) is 75.5 Å². The lowest BCUT2D eigenvalue weighted by atomic mass is 9.61. The largest absolute Gasteiger partial charge is 0.465 e. The van der Waals surface area contributed by atoms with Gasteiger partial charge in [-0.1, -0.05) is 143 Å². The maximum absolute atomic E-state index is 13.3. The zero-order chi connectivity index (χ0) is 64.1. The normalized spacial score (nSPS) is 34.5. The average molecular weight is 1270 g/mol. The Morgan fingerprint density at radius 3 is 1.14 bits per heavy atom. The van der Waals surface area contributed by atoms with Crippen molar-refractivity contribution in [2.24, 2.45) is 118 Å². The number of rotatable bonds is 40. The first-order valence-corrected chi connectivity index (χ1v) is 38.6. The van der Waals surface area contributed by atoms with E-state index < -0.39 is 0 Å². The van der Waals surface area contributed by atoms with E-state index in [9.17, 15) is 28.8 Å². The Kier molecular flexibility index (Phi) is 29.1. The zero-order valence-corrected chi connectivity index (χ0v) is 57.5. The second-order valence-corrected chi connectivity index (χ2v) is 31.8. The number of hydrogen-bond donors (Lipinski definition) is 0. The minimum absolute atomic E-state index is 0.0776. The Hall–Kier alpha value is -3.70. The van der Waals surface area contributed by atoms with Crippen molar-refractivity contribution >= 4 is 35.8 Å². The van der Waals surface area contributed by atoms with Crippen molar-refractivity contribution in [2.75, 3.05) is 39.6 Å². The average Bonchev–Trinajstić information content (AvgIpc) is 1.62. The summed E-state index contributed by atoms with van der Waals surface area (Å²) in [6.45, 7) is 16.6. The molecule has 12 heteroatoms. The van der Waals surface area contributed by atoms with Gasteiger partial charge in [-0.25, -0.2) is 9.59 Å². The van der Waals surface area contributed by atoms with Gasteiger partial charge in [0.05, 0.1) is 63.3 Å². The number of esters is 6. The molecule has 0 aliphatic heterocycles. The summed E-state index contributed by atoms with van der Waals surface area (Å²) in [6.07, 6.45) is 46.6. The van der Waals surface area contributed by atoms with Gasteiger partial charge in [0.2, 0.25) is 0 Å². The Labute approximate surface area is 550 Å². The lowest BCUT2D eigenvalue weighted by molar-refractivity contribution is -0.156. The van der Waals surface area contributed by atoms with Crippen LogP contribution < -0.4 is 0 Å². The highest BCUT2D eigenvalue weighted by Crippen LogP contribution is 2.64. The van der Waals surface area contributed by atoms with Crippen LogP contribution in [0.5, 0.6) is 0 Å². The highest BCUT2D eigenvalue weighted by Gasteiger charge is 2.57. The topological polar surface area (TPSA) is 158 Å². The van der Waals surface area contributed by atoms with Gasteiger partial charge in [-0.2, -0.15) is 0 Å². The van der Waals surface area contributed by atoms with E-state index >= 15 is 0 Å². The first-order valence-electron chi connectivity index (χ1n) is 38.6. The second kappa shape index (κ2) is 37.0. The third-order valence-corrected chi connectivity index (χ3v) is 25.9. The van der Waals surface area contributed by atoms with E-state index in [2.05, 4.69) is 27.0 Å². The molecule has 514 valence electrons. The summed E-state index contributed by atoms with van der Waals surface area (Å²) in [6, 6.07) is 0. The SMILES string of the molecule is C=CC(=O)OCC1C[C@@H]2C3CC(CC3COC(=O)C3CCC(C(=O)OCCCCCCC4C(CCCCCC)CCC(CCCCCCCC)C4CCCCCCOC(=O)C4CCC(C(=O)OCC5CC6CC5[C@H]5CC(COC(=O)C(=C)C)C[C@@H]65)CC4)CC3)[C@@H]2C1. The molecule has 4 bridgehead atoms. The lowest BCUT2D eigenvalue weighted by Crippen LogP contribution is -2.35. The van der Waals surface area contributed by atoms with Crippen LogP contribution in [0.2, 0.25) is 0 Å². The minimum atomic E-state index is -0.336. The van der Waals surface area contributed by atoms with Crippen molar-refractivity contribution in [3.05, 3.63) is 24.8 Å². The highest BCUT2D eigenvalue weighted by atomic mass is 16.6. The summed E-state index contributed by atoms with van der Waals surface area (Å²) in [5.41, 5.74) is 0.454. The van der Waals surface area contributed by atoms with Gasteiger partial charge in [0.15, 0.2) is 0 Å². The summed E-state index contributed by atoms with van der Waals surface area (Å²) in [4.78, 5) is 76.9. The maximum atomic E-state index is 13.3. The van der Waals surface area contributed by atoms with E-state index in [4.69, 9.17) is 28.4 Å². The zero-order valence-electron chi connectivity index (χ0n) is 57.5. The Bertz CT molecular complexity index is 2300. The van der Waals surface area contributed by atoms with Gasteiger partial charge < -0.3 is 28.4 Å². The molecule has 12 nitrogen and oxygen atoms in total. The molecule has 12 unspecified atom stereocenters. The van der Waals surface area contributed by atoms with Gasteiger partial charge in [-0.15, -0.1) is 0 Å². The molecule has 0 aromatic heterocycles. The number of carbonyl (C=O) groups excluding carboxylic acids is 6. The van der Waals surface area contributed by atoms with Crippen molar-refractivity contribution in [1.29, 1.82) is 0 Å². The van der Waals surface area contributed by atoms with E-state index in [-0.39, 0.29) is 59.5 Å². The minimum Gasteiger partial charge on any atom is -0.465 e. The van der Waals surface area contributed by atoms with Crippen molar-refractivity contribution in [2.45, 2.75) is 278 Å². The van der Waals surface area contributed by atoms with Crippen molar-refractivity contribution in [3.63, 3.8) is 0 Å². The molecule has 9 aliphatic rings. The summed E-state index contributed by atoms with van der Waals surface area (Å²) in [5.74, 6) is 8.90. The molecular formula is C79H126O12. The van der Waals surface area contributed by atoms with E-state index in [0.29, 0.717) is 156 Å². The molecule has 0 spiro atoms. The fourth-order valence-electron chi connectivity index (χ4n) is 21.1. The third-order valence-electron chi connectivity index (χ3n) is 25.9. The summed E-state index contributed by atoms with van der Waals surface area (Å²) in [5, 5.41) is 0. The quantitative estimate of drug-likeness (QED) is 0.0248. The van der Waals surface area contributed by atoms with Crippen LogP contribution in [0.4, 0.5) is 0 Å². The number of ether oxygens (including phenoxy) is 6. The van der Waals surface area contributed by atoms with E-state index in [1.165, 1.54) is 147 Å². The van der Waals surface area contributed by atoms with Crippen LogP contribution in [-0.2, 0) is 57.2 Å². The molecule has 0 radical (unpaired) electrons. The molecule has 0 heterocycles. The third kappa shape index (κ3) is 20.4. The molecular weight excluding hydrogens is 1140 g/mol. The molecule has 9 rings (SSSR count). The van der Waals surface area contributed by atoms with Crippen molar-refractivity contribution < 1.29 is 57.2 Å². The van der Waals surface area contributed by atoms with Crippen LogP contribution in [0.25, 0.3) is 0 Å². The fourth-order valence-corrected chi connectivity index (χ4v) is 21.1. The molecule has 9 saturated carbocycles. The molecule has 0 amide bonds. The van der Waals surface area contributed by atoms with Gasteiger partial charge >= 0.3 is 35.8 Å². The molecule has 16 atom stereocenters. The fraction of sp³-hybridized carbons (Fsp3) is 0.873. The number of hydrogen-bond acceptors (Lipinski definition) is 12. The highest BCUT2D eigenvalue weighted by molar-refractivity contribution is 5.87. The summed E-state index contributed by atoms with van der Waals surface area (Å²) in [7, 11) is 0. The molecule has 9 fully saturated rings. The Balaban J connectivity index is 0.637. The number of unbranched alkanes of at least 4 members (excludes halogenated alkanes) is 14. The summed E-state index contributed by atoms with van der Waals surface area (Å²) >= 11 is 0. The number of carbonyl (C=O) groups is 6. The predicted octanol–water partition coefficient (Wildman–Crippen LogP) is 18.1. The second-order valence-electron chi connectivity index (χ2n) is 31.8. The molecule has 0 aromatic rings. The van der Waals surface area contributed by atoms with Crippen LogP contribution >= 0.6 is 0 Å². The van der Waals surface area contributed by atoms with Crippen LogP contribution in [0.15, 0.2) is 24.8 Å². The molecule has 0 saturated heterocycles. The van der Waals surface area contributed by atoms with Gasteiger partial charge in [0, 0.05) is 11.6 Å². The van der Waals surface area contributed by atoms with Crippen LogP contribution in [0.1, 0.15) is 278 Å². The first kappa shape index (κ1) is 71.6. The molecule has 0 aromatic carbocycles. The molecule has 9 aliphatic carbocycles. The standard InChI is InChI=1S/C79H126O12/c1-6-9-11-13-14-20-26-57-30-29-56(25-19-12-10-7-2)66(27-21-15-17-23-39-86-76(82)58-31-35-60(36-32-58)78(84)90-51-64-45-62-47-70(64)72-43-54(41-68(62)72)49-88-74(80)8-3)67(57)28-22-16-18-24-40-87-77(83)59-33-37-61(38-34-59)79(85)91-52-65-46-63-48-71(65)73-44-55(42-69(63)73)50-89-75(81)53(4)5/h8,54-73H,3-4,6-7,9-52H2,1-2,5H3/t54?,55?,56?,57?,58?,59?,60?,61?,62?,63?,64?,65?,66?,67?,68-,69-,70?,71?,72-,73-/m0/s1.